The fourth-order valence-corrected chi connectivity index (χ4v) is 2.93. The van der Waals surface area contributed by atoms with Crippen molar-refractivity contribution < 1.29 is 4.79 Å². The SMILES string of the molecule is N#CC(c1ccc(Cl)cc1)N(C(=O)Cc1ccccc1)c1ccccc1. The second kappa shape index (κ2) is 8.33. The number of hydrogen-bond acceptors (Lipinski definition) is 2. The molecule has 1 atom stereocenters. The average Bonchev–Trinajstić information content (AvgIpc) is 2.68. The van der Waals surface area contributed by atoms with Crippen LogP contribution in [0.1, 0.15) is 17.2 Å². The first-order valence-electron chi connectivity index (χ1n) is 8.25. The maximum absolute atomic E-state index is 13.1. The monoisotopic (exact) mass is 360 g/mol. The normalized spacial score (nSPS) is 11.4. The summed E-state index contributed by atoms with van der Waals surface area (Å²) in [5.41, 5.74) is 2.32. The standard InChI is InChI=1S/C22H17ClN2O/c23-19-13-11-18(12-14-19)21(16-24)25(20-9-5-2-6-10-20)22(26)15-17-7-3-1-4-8-17/h1-14,21H,15H2. The minimum absolute atomic E-state index is 0.135. The molecule has 4 heteroatoms. The van der Waals surface area contributed by atoms with Crippen LogP contribution >= 0.6 is 11.6 Å². The highest BCUT2D eigenvalue weighted by atomic mass is 35.5. The summed E-state index contributed by atoms with van der Waals surface area (Å²) in [6.45, 7) is 0. The van der Waals surface area contributed by atoms with Gasteiger partial charge in [-0.15, -0.1) is 0 Å². The number of amides is 1. The summed E-state index contributed by atoms with van der Waals surface area (Å²) in [6, 6.07) is 27.3. The molecule has 0 spiro atoms. The van der Waals surface area contributed by atoms with E-state index >= 15 is 0 Å². The molecule has 0 saturated heterocycles. The van der Waals surface area contributed by atoms with Gasteiger partial charge in [-0.3, -0.25) is 9.69 Å². The molecule has 3 nitrogen and oxygen atoms in total. The Kier molecular flexibility index (Phi) is 5.68. The largest absolute Gasteiger partial charge is 0.291 e. The number of carbonyl (C=O) groups is 1. The van der Waals surface area contributed by atoms with Crippen LogP contribution in [0.5, 0.6) is 0 Å². The smallest absolute Gasteiger partial charge is 0.232 e. The van der Waals surface area contributed by atoms with Crippen LogP contribution in [0.3, 0.4) is 0 Å². The third-order valence-corrected chi connectivity index (χ3v) is 4.32. The zero-order chi connectivity index (χ0) is 18.4. The number of nitrogens with zero attached hydrogens (tertiary/aromatic N) is 2. The van der Waals surface area contributed by atoms with Crippen molar-refractivity contribution in [2.24, 2.45) is 0 Å². The van der Waals surface area contributed by atoms with Crippen LogP contribution in [0.25, 0.3) is 0 Å². The van der Waals surface area contributed by atoms with E-state index < -0.39 is 6.04 Å². The van der Waals surface area contributed by atoms with Crippen LogP contribution in [0, 0.1) is 11.3 Å². The summed E-state index contributed by atoms with van der Waals surface area (Å²) in [6.07, 6.45) is 0.224. The maximum atomic E-state index is 13.1. The molecular formula is C22H17ClN2O. The van der Waals surface area contributed by atoms with E-state index in [0.717, 1.165) is 11.1 Å². The molecule has 0 aliphatic heterocycles. The van der Waals surface area contributed by atoms with Crippen LogP contribution in [0.4, 0.5) is 5.69 Å². The summed E-state index contributed by atoms with van der Waals surface area (Å²) in [5, 5.41) is 10.4. The average molecular weight is 361 g/mol. The number of halogens is 1. The Hall–Kier alpha value is -3.09. The third kappa shape index (κ3) is 4.11. The summed E-state index contributed by atoms with van der Waals surface area (Å²) in [4.78, 5) is 14.7. The van der Waals surface area contributed by atoms with E-state index in [4.69, 9.17) is 11.6 Å². The number of para-hydroxylation sites is 1. The number of carbonyl (C=O) groups excluding carboxylic acids is 1. The molecule has 1 amide bonds. The van der Waals surface area contributed by atoms with Gasteiger partial charge in [0.1, 0.15) is 6.04 Å². The molecule has 3 aromatic carbocycles. The van der Waals surface area contributed by atoms with Crippen molar-refractivity contribution in [3.8, 4) is 6.07 Å². The Balaban J connectivity index is 1.98. The first kappa shape index (κ1) is 17.7. The Bertz CT molecular complexity index is 902. The minimum Gasteiger partial charge on any atom is -0.291 e. The van der Waals surface area contributed by atoms with Crippen molar-refractivity contribution in [3.63, 3.8) is 0 Å². The highest BCUT2D eigenvalue weighted by Gasteiger charge is 2.26. The number of anilines is 1. The van der Waals surface area contributed by atoms with Crippen LogP contribution in [0.15, 0.2) is 84.9 Å². The van der Waals surface area contributed by atoms with Gasteiger partial charge in [0.25, 0.3) is 0 Å². The first-order chi connectivity index (χ1) is 12.7. The molecule has 0 aromatic heterocycles. The maximum Gasteiger partial charge on any atom is 0.232 e. The lowest BCUT2D eigenvalue weighted by atomic mass is 10.0. The van der Waals surface area contributed by atoms with E-state index in [1.165, 1.54) is 0 Å². The lowest BCUT2D eigenvalue weighted by Gasteiger charge is -2.28. The van der Waals surface area contributed by atoms with Crippen molar-refractivity contribution in [3.05, 3.63) is 101 Å². The van der Waals surface area contributed by atoms with Crippen molar-refractivity contribution >= 4 is 23.2 Å². The van der Waals surface area contributed by atoms with Gasteiger partial charge in [0, 0.05) is 10.7 Å². The number of rotatable bonds is 5. The van der Waals surface area contributed by atoms with E-state index in [1.807, 2.05) is 60.7 Å². The molecule has 0 fully saturated rings. The molecule has 1 unspecified atom stereocenters. The zero-order valence-corrected chi connectivity index (χ0v) is 14.8. The molecule has 26 heavy (non-hydrogen) atoms. The topological polar surface area (TPSA) is 44.1 Å². The Morgan fingerprint density at radius 3 is 2.08 bits per heavy atom. The van der Waals surface area contributed by atoms with Gasteiger partial charge in [-0.2, -0.15) is 5.26 Å². The van der Waals surface area contributed by atoms with Gasteiger partial charge in [0.15, 0.2) is 0 Å². The second-order valence-corrected chi connectivity index (χ2v) is 6.28. The molecule has 3 aromatic rings. The zero-order valence-electron chi connectivity index (χ0n) is 14.0. The number of benzene rings is 3. The molecule has 0 saturated carbocycles. The van der Waals surface area contributed by atoms with Gasteiger partial charge in [0.2, 0.25) is 5.91 Å². The van der Waals surface area contributed by atoms with E-state index in [-0.39, 0.29) is 12.3 Å². The molecule has 0 heterocycles. The van der Waals surface area contributed by atoms with Gasteiger partial charge < -0.3 is 0 Å². The molecule has 3 rings (SSSR count). The van der Waals surface area contributed by atoms with Crippen molar-refractivity contribution in [2.75, 3.05) is 4.90 Å². The fraction of sp³-hybridized carbons (Fsp3) is 0.0909. The molecule has 128 valence electrons. The molecular weight excluding hydrogens is 344 g/mol. The van der Waals surface area contributed by atoms with Gasteiger partial charge in [-0.25, -0.2) is 0 Å². The summed E-state index contributed by atoms with van der Waals surface area (Å²) >= 11 is 5.96. The van der Waals surface area contributed by atoms with E-state index in [0.29, 0.717) is 10.7 Å². The van der Waals surface area contributed by atoms with Gasteiger partial charge >= 0.3 is 0 Å². The van der Waals surface area contributed by atoms with E-state index in [2.05, 4.69) is 6.07 Å². The van der Waals surface area contributed by atoms with Gasteiger partial charge in [-0.1, -0.05) is 72.3 Å². The number of nitriles is 1. The van der Waals surface area contributed by atoms with Crippen LogP contribution in [0.2, 0.25) is 5.02 Å². The molecule has 0 aliphatic rings. The van der Waals surface area contributed by atoms with Crippen molar-refractivity contribution in [2.45, 2.75) is 12.5 Å². The molecule has 0 aliphatic carbocycles. The quantitative estimate of drug-likeness (QED) is 0.629. The predicted molar refractivity (Wildman–Crippen MR) is 104 cm³/mol. The molecule has 0 bridgehead atoms. The van der Waals surface area contributed by atoms with Crippen molar-refractivity contribution in [1.82, 2.24) is 0 Å². The van der Waals surface area contributed by atoms with Gasteiger partial charge in [-0.05, 0) is 35.4 Å². The summed E-state index contributed by atoms with van der Waals surface area (Å²) < 4.78 is 0. The lowest BCUT2D eigenvalue weighted by Crippen LogP contribution is -2.35. The highest BCUT2D eigenvalue weighted by molar-refractivity contribution is 6.30. The Morgan fingerprint density at radius 2 is 1.50 bits per heavy atom. The summed E-state index contributed by atoms with van der Waals surface area (Å²) in [7, 11) is 0. The Morgan fingerprint density at radius 1 is 0.923 bits per heavy atom. The van der Waals surface area contributed by atoms with E-state index in [1.54, 1.807) is 29.2 Å². The highest BCUT2D eigenvalue weighted by Crippen LogP contribution is 2.28. The molecule has 0 radical (unpaired) electrons. The molecule has 0 N–H and O–H groups in total. The predicted octanol–water partition coefficient (Wildman–Crippen LogP) is 5.18. The summed E-state index contributed by atoms with van der Waals surface area (Å²) in [5.74, 6) is -0.135. The van der Waals surface area contributed by atoms with Gasteiger partial charge in [0.05, 0.1) is 12.5 Å². The lowest BCUT2D eigenvalue weighted by molar-refractivity contribution is -0.118. The third-order valence-electron chi connectivity index (χ3n) is 4.07. The van der Waals surface area contributed by atoms with Crippen LogP contribution < -0.4 is 4.90 Å². The van der Waals surface area contributed by atoms with Crippen LogP contribution in [-0.4, -0.2) is 5.91 Å². The van der Waals surface area contributed by atoms with Crippen molar-refractivity contribution in [1.29, 1.82) is 5.26 Å². The van der Waals surface area contributed by atoms with E-state index in [9.17, 15) is 10.1 Å². The number of hydrogen-bond donors (Lipinski definition) is 0. The second-order valence-electron chi connectivity index (χ2n) is 5.84. The Labute approximate surface area is 158 Å². The first-order valence-corrected chi connectivity index (χ1v) is 8.63. The fourth-order valence-electron chi connectivity index (χ4n) is 2.81. The van der Waals surface area contributed by atoms with Crippen LogP contribution in [-0.2, 0) is 11.2 Å². The minimum atomic E-state index is -0.731.